The lowest BCUT2D eigenvalue weighted by Gasteiger charge is -2.12. The molecule has 1 aromatic heterocycles. The van der Waals surface area contributed by atoms with Crippen LogP contribution >= 0.6 is 0 Å². The summed E-state index contributed by atoms with van der Waals surface area (Å²) < 4.78 is 29.3. The van der Waals surface area contributed by atoms with Gasteiger partial charge in [0.2, 0.25) is 0 Å². The average molecular weight is 371 g/mol. The van der Waals surface area contributed by atoms with Crippen LogP contribution in [0.4, 0.5) is 4.39 Å². The van der Waals surface area contributed by atoms with Crippen molar-refractivity contribution in [2.45, 2.75) is 13.0 Å². The molecule has 1 amide bonds. The molecule has 0 saturated heterocycles. The highest BCUT2D eigenvalue weighted by molar-refractivity contribution is 5.91. The maximum atomic E-state index is 13.9. The summed E-state index contributed by atoms with van der Waals surface area (Å²) >= 11 is 0. The number of nitrogens with one attached hydrogen (secondary N) is 1. The molecular formula is C20H18FNO5. The lowest BCUT2D eigenvalue weighted by Crippen LogP contribution is -2.31. The molecule has 0 aliphatic rings. The Morgan fingerprint density at radius 2 is 1.96 bits per heavy atom. The topological polar surface area (TPSA) is 77.8 Å². The molecule has 6 nitrogen and oxygen atoms in total. The lowest BCUT2D eigenvalue weighted by atomic mass is 10.2. The first-order valence-corrected chi connectivity index (χ1v) is 8.26. The highest BCUT2D eigenvalue weighted by Crippen LogP contribution is 2.23. The number of rotatable bonds is 6. The number of fused-ring (bicyclic) bond motifs is 1. The largest absolute Gasteiger partial charge is 0.497 e. The Morgan fingerprint density at radius 3 is 2.67 bits per heavy atom. The fraction of sp³-hybridized carbons (Fsp3) is 0.200. The number of hydrogen-bond donors (Lipinski definition) is 1. The third-order valence-corrected chi connectivity index (χ3v) is 3.98. The minimum atomic E-state index is -0.929. The first-order chi connectivity index (χ1) is 13.0. The van der Waals surface area contributed by atoms with Gasteiger partial charge in [-0.1, -0.05) is 18.2 Å². The summed E-state index contributed by atoms with van der Waals surface area (Å²) in [4.78, 5) is 24.0. The van der Waals surface area contributed by atoms with Crippen molar-refractivity contribution >= 4 is 22.8 Å². The number of benzene rings is 2. The van der Waals surface area contributed by atoms with Gasteiger partial charge in [-0.15, -0.1) is 0 Å². The van der Waals surface area contributed by atoms with Crippen molar-refractivity contribution in [3.05, 3.63) is 65.7 Å². The molecule has 140 valence electrons. The lowest BCUT2D eigenvalue weighted by molar-refractivity contribution is -0.125. The molecule has 0 spiro atoms. The summed E-state index contributed by atoms with van der Waals surface area (Å²) in [7, 11) is 1.39. The van der Waals surface area contributed by atoms with Gasteiger partial charge >= 0.3 is 5.97 Å². The number of amides is 1. The van der Waals surface area contributed by atoms with E-state index in [0.29, 0.717) is 5.76 Å². The van der Waals surface area contributed by atoms with Gasteiger partial charge in [0.1, 0.15) is 22.9 Å². The number of furan rings is 1. The molecule has 1 heterocycles. The molecule has 1 N–H and O–H groups in total. The Kier molecular flexibility index (Phi) is 5.40. The molecule has 0 radical (unpaired) electrons. The number of hydrogen-bond acceptors (Lipinski definition) is 5. The van der Waals surface area contributed by atoms with Gasteiger partial charge in [0.05, 0.1) is 18.7 Å². The second-order valence-corrected chi connectivity index (χ2v) is 5.90. The number of carbonyl (C=O) groups is 2. The summed E-state index contributed by atoms with van der Waals surface area (Å²) in [5.41, 5.74) is 0.448. The van der Waals surface area contributed by atoms with Gasteiger partial charge in [-0.2, -0.15) is 0 Å². The summed E-state index contributed by atoms with van der Waals surface area (Å²) in [6.07, 6.45) is 0. The summed E-state index contributed by atoms with van der Waals surface area (Å²) in [5, 5.41) is 3.60. The molecule has 1 atom stereocenters. The fourth-order valence-electron chi connectivity index (χ4n) is 2.57. The fourth-order valence-corrected chi connectivity index (χ4v) is 2.57. The number of ether oxygens (including phenoxy) is 2. The molecule has 2 aromatic carbocycles. The molecule has 0 fully saturated rings. The Labute approximate surface area is 154 Å². The number of para-hydroxylation sites is 1. The first kappa shape index (κ1) is 18.4. The zero-order valence-electron chi connectivity index (χ0n) is 14.8. The van der Waals surface area contributed by atoms with E-state index in [0.717, 1.165) is 17.0 Å². The van der Waals surface area contributed by atoms with Crippen LogP contribution in [0.1, 0.15) is 29.1 Å². The van der Waals surface area contributed by atoms with Gasteiger partial charge in [-0.05, 0) is 31.2 Å². The molecule has 7 heteroatoms. The average Bonchev–Trinajstić information content (AvgIpc) is 3.10. The molecule has 3 rings (SSSR count). The number of halogens is 1. The van der Waals surface area contributed by atoms with Crippen LogP contribution in [0.3, 0.4) is 0 Å². The van der Waals surface area contributed by atoms with Gasteiger partial charge in [-0.3, -0.25) is 4.79 Å². The molecular weight excluding hydrogens is 353 g/mol. The van der Waals surface area contributed by atoms with E-state index in [9.17, 15) is 14.0 Å². The Bertz CT molecular complexity index is 948. The zero-order chi connectivity index (χ0) is 19.4. The minimum absolute atomic E-state index is 0.270. The molecule has 0 aliphatic heterocycles. The van der Waals surface area contributed by atoms with Crippen molar-refractivity contribution in [3.63, 3.8) is 0 Å². The minimum Gasteiger partial charge on any atom is -0.497 e. The van der Waals surface area contributed by atoms with Crippen LogP contribution in [0, 0.1) is 5.82 Å². The van der Waals surface area contributed by atoms with Crippen LogP contribution in [0.25, 0.3) is 11.0 Å². The quantitative estimate of drug-likeness (QED) is 0.670. The van der Waals surface area contributed by atoms with Gasteiger partial charge in [0, 0.05) is 11.5 Å². The third kappa shape index (κ3) is 4.25. The first-order valence-electron chi connectivity index (χ1n) is 8.26. The van der Waals surface area contributed by atoms with E-state index in [-0.39, 0.29) is 11.3 Å². The number of esters is 1. The van der Waals surface area contributed by atoms with E-state index in [4.69, 9.17) is 13.9 Å². The smallest absolute Gasteiger partial charge is 0.341 e. The molecule has 0 aliphatic carbocycles. The standard InChI is InChI=1S/C20H18FNO5/c1-12(18-9-13-5-3-4-6-17(13)27-18)22-19(23)11-26-20(24)15-8-7-14(25-2)10-16(15)21/h3-10,12H,11H2,1-2H3,(H,22,23)/t12-/m1/s1. The van der Waals surface area contributed by atoms with Crippen molar-refractivity contribution in [2.24, 2.45) is 0 Å². The molecule has 0 saturated carbocycles. The summed E-state index contributed by atoms with van der Waals surface area (Å²) in [6.45, 7) is 1.22. The highest BCUT2D eigenvalue weighted by atomic mass is 19.1. The van der Waals surface area contributed by atoms with Crippen molar-refractivity contribution in [2.75, 3.05) is 13.7 Å². The van der Waals surface area contributed by atoms with Crippen LogP contribution in [0.2, 0.25) is 0 Å². The second-order valence-electron chi connectivity index (χ2n) is 5.90. The van der Waals surface area contributed by atoms with Crippen molar-refractivity contribution in [1.82, 2.24) is 5.32 Å². The van der Waals surface area contributed by atoms with Crippen molar-refractivity contribution < 1.29 is 27.9 Å². The normalized spacial score (nSPS) is 11.8. The monoisotopic (exact) mass is 371 g/mol. The van der Waals surface area contributed by atoms with Crippen molar-refractivity contribution in [3.8, 4) is 5.75 Å². The van der Waals surface area contributed by atoms with E-state index in [1.807, 2.05) is 30.3 Å². The van der Waals surface area contributed by atoms with Gasteiger partial charge in [-0.25, -0.2) is 9.18 Å². The SMILES string of the molecule is COc1ccc(C(=O)OCC(=O)N[C@H](C)c2cc3ccccc3o2)c(F)c1. The molecule has 0 bridgehead atoms. The van der Waals surface area contributed by atoms with Crippen LogP contribution in [0.15, 0.2) is 52.9 Å². The van der Waals surface area contributed by atoms with Gasteiger partial charge < -0.3 is 19.2 Å². The van der Waals surface area contributed by atoms with E-state index in [1.165, 1.54) is 19.2 Å². The maximum absolute atomic E-state index is 13.9. The predicted molar refractivity (Wildman–Crippen MR) is 96.0 cm³/mol. The Balaban J connectivity index is 1.56. The van der Waals surface area contributed by atoms with Crippen LogP contribution in [0.5, 0.6) is 5.75 Å². The molecule has 0 unspecified atom stereocenters. The summed E-state index contributed by atoms with van der Waals surface area (Å²) in [6, 6.07) is 12.6. The van der Waals surface area contributed by atoms with E-state index < -0.39 is 30.3 Å². The highest BCUT2D eigenvalue weighted by Gasteiger charge is 2.18. The molecule has 27 heavy (non-hydrogen) atoms. The third-order valence-electron chi connectivity index (χ3n) is 3.98. The number of methoxy groups -OCH3 is 1. The Hall–Kier alpha value is -3.35. The zero-order valence-corrected chi connectivity index (χ0v) is 14.8. The molecule has 3 aromatic rings. The van der Waals surface area contributed by atoms with E-state index in [1.54, 1.807) is 6.92 Å². The van der Waals surface area contributed by atoms with E-state index in [2.05, 4.69) is 5.32 Å². The second kappa shape index (κ2) is 7.90. The Morgan fingerprint density at radius 1 is 1.19 bits per heavy atom. The van der Waals surface area contributed by atoms with Crippen LogP contribution in [-0.2, 0) is 9.53 Å². The van der Waals surface area contributed by atoms with Gasteiger partial charge in [0.15, 0.2) is 6.61 Å². The van der Waals surface area contributed by atoms with E-state index >= 15 is 0 Å². The predicted octanol–water partition coefficient (Wildman–Crippen LogP) is 3.61. The number of carbonyl (C=O) groups excluding carboxylic acids is 2. The van der Waals surface area contributed by atoms with Crippen molar-refractivity contribution in [1.29, 1.82) is 0 Å². The van der Waals surface area contributed by atoms with Gasteiger partial charge in [0.25, 0.3) is 5.91 Å². The van der Waals surface area contributed by atoms with Crippen LogP contribution < -0.4 is 10.1 Å². The summed E-state index contributed by atoms with van der Waals surface area (Å²) in [5.74, 6) is -1.37. The van der Waals surface area contributed by atoms with Crippen LogP contribution in [-0.4, -0.2) is 25.6 Å². The maximum Gasteiger partial charge on any atom is 0.341 e.